The largest absolute Gasteiger partial charge is 0.325 e. The maximum Gasteiger partial charge on any atom is 0.325 e. The molecule has 0 aliphatic carbocycles. The number of urea groups is 1. The Balaban J connectivity index is 1.77. The Kier molecular flexibility index (Phi) is 5.46. The van der Waals surface area contributed by atoms with Gasteiger partial charge in [-0.05, 0) is 36.8 Å². The van der Waals surface area contributed by atoms with Crippen molar-refractivity contribution in [2.45, 2.75) is 12.5 Å². The minimum absolute atomic E-state index is 0.184. The molecule has 2 N–H and O–H groups in total. The van der Waals surface area contributed by atoms with Crippen molar-refractivity contribution >= 4 is 62.7 Å². The van der Waals surface area contributed by atoms with E-state index in [0.29, 0.717) is 11.3 Å². The summed E-state index contributed by atoms with van der Waals surface area (Å²) >= 11 is 15.3. The highest BCUT2D eigenvalue weighted by Crippen LogP contribution is 2.31. The number of hydrogen-bond donors (Lipinski definition) is 2. The van der Waals surface area contributed by atoms with Crippen LogP contribution in [0, 0.1) is 0 Å². The molecule has 1 fully saturated rings. The summed E-state index contributed by atoms with van der Waals surface area (Å²) in [6.07, 6.45) is 0. The van der Waals surface area contributed by atoms with Crippen LogP contribution in [-0.2, 0) is 15.1 Å². The molecule has 27 heavy (non-hydrogen) atoms. The van der Waals surface area contributed by atoms with Crippen LogP contribution >= 0.6 is 39.1 Å². The molecule has 0 radical (unpaired) electrons. The third-order valence-electron chi connectivity index (χ3n) is 4.20. The average Bonchev–Trinajstić information content (AvgIpc) is 2.83. The minimum Gasteiger partial charge on any atom is -0.323 e. The van der Waals surface area contributed by atoms with Gasteiger partial charge in [0.05, 0.1) is 15.7 Å². The predicted molar refractivity (Wildman–Crippen MR) is 107 cm³/mol. The van der Waals surface area contributed by atoms with Gasteiger partial charge in [-0.15, -0.1) is 0 Å². The maximum absolute atomic E-state index is 12.9. The first-order valence-electron chi connectivity index (χ1n) is 7.86. The van der Waals surface area contributed by atoms with Crippen LogP contribution in [0.15, 0.2) is 46.9 Å². The van der Waals surface area contributed by atoms with Crippen LogP contribution in [0.2, 0.25) is 10.0 Å². The van der Waals surface area contributed by atoms with Gasteiger partial charge in [0.2, 0.25) is 5.91 Å². The summed E-state index contributed by atoms with van der Waals surface area (Å²) in [6, 6.07) is 11.2. The molecule has 0 saturated carbocycles. The fourth-order valence-corrected chi connectivity index (χ4v) is 3.52. The number of hydrogen-bond acceptors (Lipinski definition) is 3. The van der Waals surface area contributed by atoms with Gasteiger partial charge in [-0.3, -0.25) is 14.5 Å². The number of benzene rings is 2. The van der Waals surface area contributed by atoms with Crippen LogP contribution < -0.4 is 10.6 Å². The van der Waals surface area contributed by atoms with Gasteiger partial charge < -0.3 is 10.6 Å². The standard InChI is InChI=1S/C18H14BrCl2N3O3/c1-18(10-4-2-5-11(19)8-10)16(26)24(17(27)23-18)9-14(25)22-13-7-3-6-12(20)15(13)21/h2-8H,9H2,1H3,(H,22,25)(H,23,27). The maximum atomic E-state index is 12.9. The molecule has 2 aromatic rings. The molecule has 1 heterocycles. The van der Waals surface area contributed by atoms with Crippen LogP contribution in [-0.4, -0.2) is 29.3 Å². The summed E-state index contributed by atoms with van der Waals surface area (Å²) in [5.74, 6) is -1.08. The van der Waals surface area contributed by atoms with E-state index in [1.165, 1.54) is 0 Å². The second-order valence-corrected chi connectivity index (χ2v) is 7.81. The number of carbonyl (C=O) groups is 3. The zero-order chi connectivity index (χ0) is 19.8. The highest BCUT2D eigenvalue weighted by molar-refractivity contribution is 9.10. The molecule has 0 aromatic heterocycles. The first-order chi connectivity index (χ1) is 12.7. The van der Waals surface area contributed by atoms with Crippen LogP contribution in [0.25, 0.3) is 0 Å². The Hall–Kier alpha value is -2.09. The summed E-state index contributed by atoms with van der Waals surface area (Å²) in [5.41, 5.74) is -0.346. The van der Waals surface area contributed by atoms with Gasteiger partial charge in [0.25, 0.3) is 5.91 Å². The Bertz CT molecular complexity index is 953. The fraction of sp³-hybridized carbons (Fsp3) is 0.167. The molecule has 1 unspecified atom stereocenters. The SMILES string of the molecule is CC1(c2cccc(Br)c2)NC(=O)N(CC(=O)Nc2cccc(Cl)c2Cl)C1=O. The predicted octanol–water partition coefficient (Wildman–Crippen LogP) is 4.16. The van der Waals surface area contributed by atoms with Gasteiger partial charge in [-0.2, -0.15) is 0 Å². The first-order valence-corrected chi connectivity index (χ1v) is 9.41. The number of nitrogens with one attached hydrogen (secondary N) is 2. The number of rotatable bonds is 4. The van der Waals surface area contributed by atoms with Crippen molar-refractivity contribution in [1.29, 1.82) is 0 Å². The molecular weight excluding hydrogens is 457 g/mol. The number of anilines is 1. The lowest BCUT2D eigenvalue weighted by Crippen LogP contribution is -2.42. The van der Waals surface area contributed by atoms with Crippen LogP contribution in [0.4, 0.5) is 10.5 Å². The molecule has 0 spiro atoms. The molecule has 2 aromatic carbocycles. The zero-order valence-corrected chi connectivity index (χ0v) is 17.2. The van der Waals surface area contributed by atoms with Crippen molar-refractivity contribution in [2.24, 2.45) is 0 Å². The highest BCUT2D eigenvalue weighted by Gasteiger charge is 2.49. The summed E-state index contributed by atoms with van der Waals surface area (Å²) in [6.45, 7) is 1.15. The summed E-state index contributed by atoms with van der Waals surface area (Å²) in [7, 11) is 0. The lowest BCUT2D eigenvalue weighted by Gasteiger charge is -2.22. The molecule has 1 aliphatic heterocycles. The van der Waals surface area contributed by atoms with E-state index in [1.54, 1.807) is 43.3 Å². The molecule has 1 aliphatic rings. The normalized spacial score (nSPS) is 19.2. The van der Waals surface area contributed by atoms with E-state index in [4.69, 9.17) is 23.2 Å². The lowest BCUT2D eigenvalue weighted by molar-refractivity contribution is -0.133. The Morgan fingerprint density at radius 2 is 1.93 bits per heavy atom. The van der Waals surface area contributed by atoms with E-state index >= 15 is 0 Å². The Labute approximate surface area is 173 Å². The Morgan fingerprint density at radius 1 is 1.22 bits per heavy atom. The molecule has 1 saturated heterocycles. The van der Waals surface area contributed by atoms with E-state index in [2.05, 4.69) is 26.6 Å². The third-order valence-corrected chi connectivity index (χ3v) is 5.52. The van der Waals surface area contributed by atoms with Gasteiger partial charge in [0.1, 0.15) is 12.1 Å². The molecule has 140 valence electrons. The number of carbonyl (C=O) groups excluding carboxylic acids is 3. The van der Waals surface area contributed by atoms with Crippen LogP contribution in [0.1, 0.15) is 12.5 Å². The summed E-state index contributed by atoms with van der Waals surface area (Å²) < 4.78 is 0.773. The smallest absolute Gasteiger partial charge is 0.323 e. The van der Waals surface area contributed by atoms with Crippen molar-refractivity contribution < 1.29 is 14.4 Å². The molecular formula is C18H14BrCl2N3O3. The molecule has 3 rings (SSSR count). The van der Waals surface area contributed by atoms with Crippen LogP contribution in [0.5, 0.6) is 0 Å². The molecule has 6 nitrogen and oxygen atoms in total. The number of amides is 4. The van der Waals surface area contributed by atoms with E-state index in [1.807, 2.05) is 6.07 Å². The van der Waals surface area contributed by atoms with Crippen LogP contribution in [0.3, 0.4) is 0 Å². The van der Waals surface area contributed by atoms with Gasteiger partial charge in [-0.1, -0.05) is 57.3 Å². The summed E-state index contributed by atoms with van der Waals surface area (Å²) in [4.78, 5) is 38.4. The lowest BCUT2D eigenvalue weighted by atomic mass is 9.92. The van der Waals surface area contributed by atoms with Gasteiger partial charge in [0, 0.05) is 4.47 Å². The fourth-order valence-electron chi connectivity index (χ4n) is 2.77. The summed E-state index contributed by atoms with van der Waals surface area (Å²) in [5, 5.41) is 5.68. The zero-order valence-electron chi connectivity index (χ0n) is 14.1. The van der Waals surface area contributed by atoms with Crippen molar-refractivity contribution in [3.8, 4) is 0 Å². The second kappa shape index (κ2) is 7.50. The van der Waals surface area contributed by atoms with E-state index < -0.39 is 29.9 Å². The van der Waals surface area contributed by atoms with E-state index in [-0.39, 0.29) is 10.0 Å². The van der Waals surface area contributed by atoms with E-state index in [9.17, 15) is 14.4 Å². The molecule has 0 bridgehead atoms. The van der Waals surface area contributed by atoms with Gasteiger partial charge in [-0.25, -0.2) is 4.79 Å². The topological polar surface area (TPSA) is 78.5 Å². The molecule has 9 heteroatoms. The number of imide groups is 1. The van der Waals surface area contributed by atoms with Crippen molar-refractivity contribution in [2.75, 3.05) is 11.9 Å². The monoisotopic (exact) mass is 469 g/mol. The van der Waals surface area contributed by atoms with Crippen molar-refractivity contribution in [1.82, 2.24) is 10.2 Å². The highest BCUT2D eigenvalue weighted by atomic mass is 79.9. The molecule has 1 atom stereocenters. The average molecular weight is 471 g/mol. The quantitative estimate of drug-likeness (QED) is 0.658. The van der Waals surface area contributed by atoms with Gasteiger partial charge in [0.15, 0.2) is 0 Å². The van der Waals surface area contributed by atoms with Crippen molar-refractivity contribution in [3.63, 3.8) is 0 Å². The first kappa shape index (κ1) is 19.7. The van der Waals surface area contributed by atoms with Gasteiger partial charge >= 0.3 is 6.03 Å². The molecule has 4 amide bonds. The van der Waals surface area contributed by atoms with Crippen molar-refractivity contribution in [3.05, 3.63) is 62.5 Å². The number of halogens is 3. The third kappa shape index (κ3) is 3.81. The minimum atomic E-state index is -1.26. The van der Waals surface area contributed by atoms with E-state index in [0.717, 1.165) is 9.37 Å². The Morgan fingerprint density at radius 3 is 2.63 bits per heavy atom. The number of nitrogens with zero attached hydrogens (tertiary/aromatic N) is 1. The second-order valence-electron chi connectivity index (χ2n) is 6.11.